The van der Waals surface area contributed by atoms with Gasteiger partial charge in [-0.1, -0.05) is 36.0 Å². The molecular weight excluding hydrogens is 364 g/mol. The highest BCUT2D eigenvalue weighted by atomic mass is 32.2. The second-order valence-corrected chi connectivity index (χ2v) is 8.13. The molecule has 0 saturated carbocycles. The third-order valence-electron chi connectivity index (χ3n) is 4.46. The molecule has 1 saturated heterocycles. The Kier molecular flexibility index (Phi) is 5.65. The van der Waals surface area contributed by atoms with Gasteiger partial charge in [0.25, 0.3) is 0 Å². The van der Waals surface area contributed by atoms with Gasteiger partial charge in [0.05, 0.1) is 18.3 Å². The van der Waals surface area contributed by atoms with Crippen LogP contribution in [0.1, 0.15) is 29.3 Å². The van der Waals surface area contributed by atoms with Crippen LogP contribution in [-0.2, 0) is 16.0 Å². The van der Waals surface area contributed by atoms with Crippen molar-refractivity contribution in [1.29, 1.82) is 0 Å². The molecule has 0 bridgehead atoms. The maximum atomic E-state index is 12.2. The van der Waals surface area contributed by atoms with Crippen molar-refractivity contribution in [3.8, 4) is 11.5 Å². The summed E-state index contributed by atoms with van der Waals surface area (Å²) in [7, 11) is 1.55. The van der Waals surface area contributed by atoms with Crippen LogP contribution in [-0.4, -0.2) is 35.1 Å². The Labute approximate surface area is 162 Å². The highest BCUT2D eigenvalue weighted by Crippen LogP contribution is 2.38. The fourth-order valence-corrected chi connectivity index (χ4v) is 4.05. The molecule has 0 amide bonds. The molecule has 2 aromatic carbocycles. The van der Waals surface area contributed by atoms with E-state index in [4.69, 9.17) is 9.47 Å². The first kappa shape index (κ1) is 19.2. The summed E-state index contributed by atoms with van der Waals surface area (Å²) in [6.07, 6.45) is 0.500. The summed E-state index contributed by atoms with van der Waals surface area (Å²) < 4.78 is 9.99. The van der Waals surface area contributed by atoms with Gasteiger partial charge in [-0.25, -0.2) is 0 Å². The minimum absolute atomic E-state index is 0.00868. The highest BCUT2D eigenvalue weighted by molar-refractivity contribution is 8.16. The molecule has 0 spiro atoms. The van der Waals surface area contributed by atoms with E-state index in [-0.39, 0.29) is 29.7 Å². The monoisotopic (exact) mass is 384 g/mol. The van der Waals surface area contributed by atoms with Gasteiger partial charge >= 0.3 is 0 Å². The van der Waals surface area contributed by atoms with Gasteiger partial charge < -0.3 is 9.47 Å². The van der Waals surface area contributed by atoms with Crippen LogP contribution in [0.2, 0.25) is 0 Å². The maximum absolute atomic E-state index is 12.2. The maximum Gasteiger partial charge on any atom is 0.200 e. The van der Waals surface area contributed by atoms with Crippen molar-refractivity contribution >= 4 is 28.4 Å². The van der Waals surface area contributed by atoms with E-state index in [2.05, 4.69) is 0 Å². The van der Waals surface area contributed by atoms with Gasteiger partial charge in [0.2, 0.25) is 0 Å². The Morgan fingerprint density at radius 1 is 1.11 bits per heavy atom. The Bertz CT molecular complexity index is 874. The summed E-state index contributed by atoms with van der Waals surface area (Å²) in [5.74, 6) is 1.02. The van der Waals surface area contributed by atoms with Gasteiger partial charge in [-0.05, 0) is 43.2 Å². The summed E-state index contributed by atoms with van der Waals surface area (Å²) in [6.45, 7) is 1.73. The molecule has 0 N–H and O–H groups in total. The Balaban J connectivity index is 1.58. The fraction of sp³-hybridized carbons (Fsp3) is 0.286. The second-order valence-electron chi connectivity index (χ2n) is 6.57. The van der Waals surface area contributed by atoms with E-state index in [1.165, 1.54) is 0 Å². The number of hydrogen-bond donors (Lipinski definition) is 0. The van der Waals surface area contributed by atoms with Gasteiger partial charge in [0, 0.05) is 5.56 Å². The molecule has 0 aliphatic carbocycles. The summed E-state index contributed by atoms with van der Waals surface area (Å²) in [5, 5.41) is -0.0708. The van der Waals surface area contributed by atoms with E-state index >= 15 is 0 Å². The molecule has 2 aromatic rings. The highest BCUT2D eigenvalue weighted by Gasteiger charge is 2.43. The number of ketones is 2. The molecule has 0 radical (unpaired) electrons. The van der Waals surface area contributed by atoms with Crippen LogP contribution in [0.15, 0.2) is 48.5 Å². The van der Waals surface area contributed by atoms with Crippen LogP contribution in [0.4, 0.5) is 0 Å². The van der Waals surface area contributed by atoms with Gasteiger partial charge in [-0.3, -0.25) is 14.4 Å². The standard InChI is InChI=1S/C21H20O5S/c1-21(19(23)11-20(24)27-21)12-14-6-8-16(9-7-14)26-13-18(22)15-4-3-5-17(10-15)25-2/h3-10H,11-13H2,1-2H3/t21-/m0/s1. The number of benzene rings is 2. The quantitative estimate of drug-likeness (QED) is 0.538. The lowest BCUT2D eigenvalue weighted by atomic mass is 9.95. The Morgan fingerprint density at radius 3 is 2.48 bits per heavy atom. The molecule has 27 heavy (non-hydrogen) atoms. The fourth-order valence-electron chi connectivity index (χ4n) is 2.92. The third-order valence-corrected chi connectivity index (χ3v) is 5.65. The zero-order chi connectivity index (χ0) is 19.4. The topological polar surface area (TPSA) is 69.7 Å². The van der Waals surface area contributed by atoms with Crippen molar-refractivity contribution in [3.05, 3.63) is 59.7 Å². The summed E-state index contributed by atoms with van der Waals surface area (Å²) in [4.78, 5) is 35.8. The molecule has 1 heterocycles. The molecular formula is C21H20O5S. The molecule has 0 unspecified atom stereocenters. The van der Waals surface area contributed by atoms with E-state index < -0.39 is 4.75 Å². The van der Waals surface area contributed by atoms with Crippen molar-refractivity contribution in [2.45, 2.75) is 24.5 Å². The average Bonchev–Trinajstić information content (AvgIpc) is 2.92. The SMILES string of the molecule is COc1cccc(C(=O)COc2ccc(C[C@]3(C)SC(=O)CC3=O)cc2)c1. The van der Waals surface area contributed by atoms with E-state index in [0.717, 1.165) is 17.3 Å². The number of thioether (sulfide) groups is 1. The number of ether oxygens (including phenoxy) is 2. The molecule has 3 rings (SSSR count). The number of hydrogen-bond acceptors (Lipinski definition) is 6. The number of methoxy groups -OCH3 is 1. The van der Waals surface area contributed by atoms with E-state index in [0.29, 0.717) is 23.5 Å². The van der Waals surface area contributed by atoms with Gasteiger partial charge in [-0.2, -0.15) is 0 Å². The zero-order valence-corrected chi connectivity index (χ0v) is 16.0. The third kappa shape index (κ3) is 4.57. The van der Waals surface area contributed by atoms with E-state index in [1.54, 1.807) is 43.5 Å². The number of rotatable bonds is 7. The second kappa shape index (κ2) is 7.96. The van der Waals surface area contributed by atoms with E-state index in [9.17, 15) is 14.4 Å². The lowest BCUT2D eigenvalue weighted by Gasteiger charge is -2.19. The Morgan fingerprint density at radius 2 is 1.85 bits per heavy atom. The smallest absolute Gasteiger partial charge is 0.200 e. The lowest BCUT2D eigenvalue weighted by molar-refractivity contribution is -0.123. The molecule has 1 atom stereocenters. The van der Waals surface area contributed by atoms with Crippen LogP contribution in [0, 0.1) is 0 Å². The molecule has 1 fully saturated rings. The molecule has 6 heteroatoms. The molecule has 140 valence electrons. The molecule has 1 aliphatic heterocycles. The van der Waals surface area contributed by atoms with Crippen molar-refractivity contribution < 1.29 is 23.9 Å². The van der Waals surface area contributed by atoms with Gasteiger partial charge in [0.1, 0.15) is 11.5 Å². The first-order valence-corrected chi connectivity index (χ1v) is 9.35. The summed E-state index contributed by atoms with van der Waals surface area (Å²) >= 11 is 1.12. The van der Waals surface area contributed by atoms with Crippen LogP contribution in [0.5, 0.6) is 11.5 Å². The number of carbonyl (C=O) groups excluding carboxylic acids is 3. The van der Waals surface area contributed by atoms with Crippen molar-refractivity contribution in [2.75, 3.05) is 13.7 Å². The normalized spacial score (nSPS) is 19.2. The number of Topliss-reactive ketones (excluding diaryl/α,β-unsaturated/α-hetero) is 2. The van der Waals surface area contributed by atoms with Crippen LogP contribution >= 0.6 is 11.8 Å². The zero-order valence-electron chi connectivity index (χ0n) is 15.2. The van der Waals surface area contributed by atoms with Crippen LogP contribution in [0.3, 0.4) is 0 Å². The van der Waals surface area contributed by atoms with E-state index in [1.807, 2.05) is 19.1 Å². The largest absolute Gasteiger partial charge is 0.497 e. The van der Waals surface area contributed by atoms with Crippen molar-refractivity contribution in [3.63, 3.8) is 0 Å². The summed E-state index contributed by atoms with van der Waals surface area (Å²) in [5.41, 5.74) is 1.47. The van der Waals surface area contributed by atoms with Crippen molar-refractivity contribution in [1.82, 2.24) is 0 Å². The van der Waals surface area contributed by atoms with Crippen LogP contribution < -0.4 is 9.47 Å². The Hall–Kier alpha value is -2.60. The molecule has 1 aliphatic rings. The predicted molar refractivity (Wildman–Crippen MR) is 104 cm³/mol. The summed E-state index contributed by atoms with van der Waals surface area (Å²) in [6, 6.07) is 14.2. The van der Waals surface area contributed by atoms with Crippen LogP contribution in [0.25, 0.3) is 0 Å². The van der Waals surface area contributed by atoms with Gasteiger partial charge in [0.15, 0.2) is 23.3 Å². The van der Waals surface area contributed by atoms with Gasteiger partial charge in [-0.15, -0.1) is 0 Å². The minimum atomic E-state index is -0.693. The molecule has 5 nitrogen and oxygen atoms in total. The lowest BCUT2D eigenvalue weighted by Crippen LogP contribution is -2.29. The average molecular weight is 384 g/mol. The number of carbonyl (C=O) groups is 3. The predicted octanol–water partition coefficient (Wildman–Crippen LogP) is 3.49. The van der Waals surface area contributed by atoms with Crippen molar-refractivity contribution in [2.24, 2.45) is 0 Å². The molecule has 0 aromatic heterocycles. The first-order valence-electron chi connectivity index (χ1n) is 8.54. The first-order chi connectivity index (χ1) is 12.9. The minimum Gasteiger partial charge on any atom is -0.497 e.